The number of fused-ring (bicyclic) bond motifs is 7. The number of aliphatic imine (C=N–C) groups is 2. The van der Waals surface area contributed by atoms with E-state index in [1.165, 1.54) is 32.4 Å². The second-order valence-electron chi connectivity index (χ2n) is 27.5. The third kappa shape index (κ3) is 17.4. The lowest BCUT2D eigenvalue weighted by Crippen LogP contribution is -2.51. The van der Waals surface area contributed by atoms with Gasteiger partial charge in [0.1, 0.15) is 24.7 Å². The number of nitrogens with zero attached hydrogens (tertiary/aromatic N) is 4. The monoisotopic (exact) mass is 1500 g/mol. The molecule has 0 aromatic heterocycles. The molecule has 6 aliphatic rings. The predicted octanol–water partition coefficient (Wildman–Crippen LogP) is 13.0. The van der Waals surface area contributed by atoms with Crippen LogP contribution >= 0.6 is 0 Å². The van der Waals surface area contributed by atoms with E-state index in [1.54, 1.807) is 60.5 Å². The van der Waals surface area contributed by atoms with Gasteiger partial charge in [0.2, 0.25) is 12.2 Å². The van der Waals surface area contributed by atoms with Crippen LogP contribution in [0.4, 0.5) is 26.7 Å². The summed E-state index contributed by atoms with van der Waals surface area (Å²) in [7, 11) is 4.67. The first kappa shape index (κ1) is 75.7. The van der Waals surface area contributed by atoms with Crippen molar-refractivity contribution in [2.24, 2.45) is 27.7 Å². The zero-order valence-corrected chi connectivity index (χ0v) is 60.9. The summed E-state index contributed by atoms with van der Waals surface area (Å²) in [6.07, 6.45) is 4.71. The Balaban J connectivity index is 0.586. The largest absolute Gasteiger partial charge is 0.497 e. The molecule has 13 rings (SSSR count). The van der Waals surface area contributed by atoms with Crippen LogP contribution in [0.5, 0.6) is 34.5 Å². The molecular formula is C83H83N7O20. The molecule has 1 fully saturated rings. The topological polar surface area (TPSA) is 348 Å². The van der Waals surface area contributed by atoms with Crippen molar-refractivity contribution in [3.05, 3.63) is 196 Å². The summed E-state index contributed by atoms with van der Waals surface area (Å²) < 4.78 is 52.9. The molecular weight excluding hydrogens is 1410 g/mol. The summed E-state index contributed by atoms with van der Waals surface area (Å²) in [6.45, 7) is 1.96. The number of carbonyl (C=O) groups is 8. The molecule has 27 nitrogen and oxygen atoms in total. The molecule has 110 heavy (non-hydrogen) atoms. The van der Waals surface area contributed by atoms with Gasteiger partial charge in [-0.2, -0.15) is 0 Å². The fourth-order valence-corrected chi connectivity index (χ4v) is 14.9. The number of amides is 5. The second-order valence-corrected chi connectivity index (χ2v) is 27.5. The summed E-state index contributed by atoms with van der Waals surface area (Å²) in [5, 5.41) is 37.9. The fraction of sp³-hybridized carbons (Fsp3) is 0.325. The summed E-state index contributed by atoms with van der Waals surface area (Å²) in [5.74, 6) is -5.63. The Hall–Kier alpha value is -12.5. The molecule has 5 amide bonds. The maximum atomic E-state index is 14.3. The van der Waals surface area contributed by atoms with Gasteiger partial charge in [0.15, 0.2) is 23.0 Å². The van der Waals surface area contributed by atoms with Crippen molar-refractivity contribution in [1.29, 1.82) is 0 Å². The van der Waals surface area contributed by atoms with Crippen LogP contribution in [0.2, 0.25) is 0 Å². The number of hydrogen-bond donors (Lipinski definition) is 6. The van der Waals surface area contributed by atoms with Gasteiger partial charge in [0, 0.05) is 87.6 Å². The number of hydrogen-bond acceptors (Lipinski definition) is 19. The average Bonchev–Trinajstić information content (AvgIpc) is 1.56. The molecule has 7 aromatic carbocycles. The molecule has 7 atom stereocenters. The molecule has 7 aromatic rings. The number of ether oxygens (including phenoxy) is 9. The Bertz CT molecular complexity index is 4760. The number of benzene rings is 7. The minimum absolute atomic E-state index is 0.0262. The summed E-state index contributed by atoms with van der Waals surface area (Å²) >= 11 is 0. The number of alkyl carbamates (subject to hydrolysis) is 2. The molecule has 5 heterocycles. The number of unbranched alkanes of at least 4 members (excludes halogenated alkanes) is 2. The van der Waals surface area contributed by atoms with Gasteiger partial charge in [-0.05, 0) is 130 Å². The highest BCUT2D eigenvalue weighted by Crippen LogP contribution is 2.47. The van der Waals surface area contributed by atoms with Crippen molar-refractivity contribution in [2.75, 3.05) is 53.0 Å². The average molecular weight is 1500 g/mol. The van der Waals surface area contributed by atoms with Gasteiger partial charge >= 0.3 is 30.1 Å². The molecule has 0 bridgehead atoms. The van der Waals surface area contributed by atoms with Crippen LogP contribution in [0, 0.1) is 17.8 Å². The minimum atomic E-state index is -1.42. The standard InChI is InChI=1S/C83H83N7O20/c1-47-61(35-76(92)93)62(36-77(94)95)63(37-78(96)97)81(109-47)110-70-25-18-49(30-69(70)88-75(91)26-27-84-82(100)108-46-66-59-14-8-6-12-57(59)58-13-7-9-15-60(58)66)45-107-83(101)87-40-48-16-19-50(20-17-48)52-31-54-41-85-67-38-73(71(103-3)33-64(67)79(98)89(54)43-52)105-28-10-5-11-29-106-74-39-68-65(34-72(74)104-4)80(99)90-44-53(32-55(90)42-86-68)51-21-23-56(102-2)24-22-51/h6-9,12-25,30,33-34,38-39,41-44,47,54-55,61-63,66,81H,5,10-11,26-29,31-32,35-37,40,45-46H2,1-4H3,(H,84,100)(H,87,101)(H,88,91)(H,92,93)(H,94,95)(H,96,97)/t47-,54+,55+,61+,62+,63-,81+/m1/s1. The van der Waals surface area contributed by atoms with E-state index in [2.05, 4.69) is 16.0 Å². The first-order valence-electron chi connectivity index (χ1n) is 36.3. The van der Waals surface area contributed by atoms with Crippen molar-refractivity contribution in [3.8, 4) is 45.6 Å². The van der Waals surface area contributed by atoms with Crippen molar-refractivity contribution in [1.82, 2.24) is 20.4 Å². The SMILES string of the molecule is COc1ccc(C2=CN3C(=O)c4cc(OC)c(OCCCCCOc5cc6c(cc5OC)C(=O)N5C=C(c7ccc(CNC(=O)OCc8ccc(O[C@@H]9O[C@H](C)[C@H](CC(=O)O)[C@H](CC(=O)O)[C@H]9CC(=O)O)c(NC(=O)CCNC(=O)OCC9c%10ccccc%10-c%10ccccc%109)c8)cc7)C[C@H]5C=N6)cc4N=C[C@@H]3C2)cc1. The highest BCUT2D eigenvalue weighted by atomic mass is 16.7. The number of anilines is 1. The maximum absolute atomic E-state index is 14.3. The van der Waals surface area contributed by atoms with Crippen molar-refractivity contribution in [3.63, 3.8) is 0 Å². The zero-order valence-electron chi connectivity index (χ0n) is 60.9. The Morgan fingerprint density at radius 1 is 0.545 bits per heavy atom. The summed E-state index contributed by atoms with van der Waals surface area (Å²) in [4.78, 5) is 118. The van der Waals surface area contributed by atoms with Gasteiger partial charge in [-0.15, -0.1) is 0 Å². The van der Waals surface area contributed by atoms with Crippen LogP contribution < -0.4 is 44.4 Å². The lowest BCUT2D eigenvalue weighted by Gasteiger charge is -2.45. The molecule has 0 saturated carbocycles. The summed E-state index contributed by atoms with van der Waals surface area (Å²) in [6, 6.07) is 41.6. The van der Waals surface area contributed by atoms with E-state index >= 15 is 0 Å². The Labute approximate surface area is 633 Å². The van der Waals surface area contributed by atoms with Crippen LogP contribution in [0.1, 0.15) is 125 Å². The number of carboxylic acid groups (broad SMARTS) is 3. The van der Waals surface area contributed by atoms with Crippen molar-refractivity contribution >= 4 is 88.5 Å². The van der Waals surface area contributed by atoms with Crippen LogP contribution in [0.25, 0.3) is 22.3 Å². The highest BCUT2D eigenvalue weighted by molar-refractivity contribution is 6.07. The van der Waals surface area contributed by atoms with Gasteiger partial charge < -0.3 is 83.7 Å². The Morgan fingerprint density at radius 2 is 1.07 bits per heavy atom. The van der Waals surface area contributed by atoms with Gasteiger partial charge in [-0.25, -0.2) is 9.59 Å². The third-order valence-corrected chi connectivity index (χ3v) is 20.5. The van der Waals surface area contributed by atoms with Crippen molar-refractivity contribution in [2.45, 2.75) is 108 Å². The minimum Gasteiger partial charge on any atom is -0.497 e. The van der Waals surface area contributed by atoms with E-state index in [4.69, 9.17) is 52.6 Å². The predicted molar refractivity (Wildman–Crippen MR) is 404 cm³/mol. The van der Waals surface area contributed by atoms with Crippen LogP contribution in [0.15, 0.2) is 162 Å². The zero-order chi connectivity index (χ0) is 77.1. The summed E-state index contributed by atoms with van der Waals surface area (Å²) in [5.41, 5.74) is 10.8. The third-order valence-electron chi connectivity index (χ3n) is 20.5. The lowest BCUT2D eigenvalue weighted by atomic mass is 9.71. The first-order valence-corrected chi connectivity index (χ1v) is 36.3. The van der Waals surface area contributed by atoms with E-state index in [-0.39, 0.29) is 74.0 Å². The number of rotatable bonds is 31. The lowest BCUT2D eigenvalue weighted by molar-refractivity contribution is -0.222. The molecule has 27 heteroatoms. The van der Waals surface area contributed by atoms with Gasteiger partial charge in [-0.3, -0.25) is 38.8 Å². The number of aliphatic carboxylic acids is 3. The van der Waals surface area contributed by atoms with E-state index in [9.17, 15) is 53.7 Å². The van der Waals surface area contributed by atoms with Gasteiger partial charge in [-0.1, -0.05) is 91.0 Å². The normalized spacial score (nSPS) is 19.1. The van der Waals surface area contributed by atoms with Crippen molar-refractivity contribution < 1.29 is 96.3 Å². The molecule has 5 aliphatic heterocycles. The van der Waals surface area contributed by atoms with Gasteiger partial charge in [0.25, 0.3) is 11.8 Å². The maximum Gasteiger partial charge on any atom is 0.407 e. The van der Waals surface area contributed by atoms with E-state index < -0.39 is 85.4 Å². The van der Waals surface area contributed by atoms with Crippen LogP contribution in [-0.4, -0.2) is 158 Å². The molecule has 0 unspecified atom stereocenters. The first-order chi connectivity index (χ1) is 53.3. The quantitative estimate of drug-likeness (QED) is 0.0220. The highest BCUT2D eigenvalue weighted by Gasteiger charge is 2.48. The van der Waals surface area contributed by atoms with E-state index in [1.807, 2.05) is 109 Å². The fourth-order valence-electron chi connectivity index (χ4n) is 14.9. The molecule has 570 valence electrons. The molecule has 1 aliphatic carbocycles. The van der Waals surface area contributed by atoms with Gasteiger partial charge in [0.05, 0.1) is 93.8 Å². The number of methoxy groups -OCH3 is 3. The smallest absolute Gasteiger partial charge is 0.407 e. The number of nitrogens with one attached hydrogen (secondary N) is 3. The number of carbonyl (C=O) groups excluding carboxylic acids is 5. The second kappa shape index (κ2) is 34.2. The molecule has 6 N–H and O–H groups in total. The molecule has 1 saturated heterocycles. The molecule has 0 spiro atoms. The van der Waals surface area contributed by atoms with Crippen LogP contribution in [0.3, 0.4) is 0 Å². The molecule has 0 radical (unpaired) electrons. The van der Waals surface area contributed by atoms with E-state index in [0.29, 0.717) is 90.0 Å². The van der Waals surface area contributed by atoms with E-state index in [0.717, 1.165) is 62.3 Å². The van der Waals surface area contributed by atoms with Crippen LogP contribution in [-0.2, 0) is 46.5 Å². The Kier molecular flexibility index (Phi) is 23.5. The Morgan fingerprint density at radius 3 is 1.63 bits per heavy atom. The number of carboxylic acids is 3.